The maximum Gasteiger partial charge on any atom is 0.227 e. The summed E-state index contributed by atoms with van der Waals surface area (Å²) in [6.45, 7) is 2.90. The van der Waals surface area contributed by atoms with E-state index in [9.17, 15) is 9.59 Å². The van der Waals surface area contributed by atoms with Crippen LogP contribution in [0.15, 0.2) is 42.5 Å². The molecule has 2 aliphatic rings. The molecule has 0 aliphatic carbocycles. The molecule has 2 heterocycles. The fraction of sp³-hybridized carbons (Fsp3) is 0.417. The Labute approximate surface area is 172 Å². The molecule has 2 aromatic carbocycles. The molecule has 1 fully saturated rings. The first-order valence-corrected chi connectivity index (χ1v) is 10.5. The van der Waals surface area contributed by atoms with Crippen LogP contribution in [0.5, 0.6) is 5.75 Å². The van der Waals surface area contributed by atoms with Crippen molar-refractivity contribution in [3.05, 3.63) is 53.6 Å². The number of nitrogens with zero attached hydrogens (tertiary/aromatic N) is 2. The van der Waals surface area contributed by atoms with Crippen molar-refractivity contribution in [3.8, 4) is 5.75 Å². The molecule has 5 heteroatoms. The molecule has 0 saturated carbocycles. The highest BCUT2D eigenvalue weighted by Crippen LogP contribution is 2.33. The highest BCUT2D eigenvalue weighted by molar-refractivity contribution is 6.01. The minimum absolute atomic E-state index is 0.0275. The number of Topliss-reactive ketones (excluding diaryl/α,β-unsaturated/α-hetero) is 1. The number of hydrogen-bond acceptors (Lipinski definition) is 4. The summed E-state index contributed by atoms with van der Waals surface area (Å²) < 4.78 is 5.19. The van der Waals surface area contributed by atoms with Crippen LogP contribution in [0.25, 0.3) is 0 Å². The van der Waals surface area contributed by atoms with E-state index in [1.54, 1.807) is 25.3 Å². The van der Waals surface area contributed by atoms with Gasteiger partial charge in [-0.3, -0.25) is 9.59 Å². The van der Waals surface area contributed by atoms with Crippen LogP contribution in [-0.4, -0.2) is 38.4 Å². The maximum atomic E-state index is 13.0. The van der Waals surface area contributed by atoms with Crippen LogP contribution in [0.4, 0.5) is 11.4 Å². The lowest BCUT2D eigenvalue weighted by Gasteiger charge is -2.31. The quantitative estimate of drug-likeness (QED) is 0.690. The van der Waals surface area contributed by atoms with Crippen LogP contribution in [0.2, 0.25) is 0 Å². The van der Waals surface area contributed by atoms with Gasteiger partial charge in [0.25, 0.3) is 0 Å². The molecule has 0 bridgehead atoms. The number of aryl methyl sites for hydroxylation is 1. The molecule has 29 heavy (non-hydrogen) atoms. The van der Waals surface area contributed by atoms with Gasteiger partial charge in [-0.1, -0.05) is 18.2 Å². The van der Waals surface area contributed by atoms with Crippen molar-refractivity contribution >= 4 is 23.1 Å². The largest absolute Gasteiger partial charge is 0.497 e. The van der Waals surface area contributed by atoms with Crippen LogP contribution >= 0.6 is 0 Å². The Balaban J connectivity index is 1.45. The minimum Gasteiger partial charge on any atom is -0.497 e. The summed E-state index contributed by atoms with van der Waals surface area (Å²) in [5.41, 5.74) is 4.05. The van der Waals surface area contributed by atoms with Gasteiger partial charge >= 0.3 is 0 Å². The van der Waals surface area contributed by atoms with Crippen molar-refractivity contribution < 1.29 is 14.3 Å². The lowest BCUT2D eigenvalue weighted by Crippen LogP contribution is -2.36. The first kappa shape index (κ1) is 19.5. The van der Waals surface area contributed by atoms with E-state index >= 15 is 0 Å². The Morgan fingerprint density at radius 1 is 0.966 bits per heavy atom. The van der Waals surface area contributed by atoms with Gasteiger partial charge < -0.3 is 14.5 Å². The minimum atomic E-state index is -0.0275. The van der Waals surface area contributed by atoms with Gasteiger partial charge in [-0.15, -0.1) is 0 Å². The molecule has 2 aliphatic heterocycles. The fourth-order valence-electron chi connectivity index (χ4n) is 4.29. The SMILES string of the molecule is COc1cccc(C(=O)CCC(=O)N2CCCc3ccc(N4CCCC4)cc32)c1. The van der Waals surface area contributed by atoms with Crippen molar-refractivity contribution in [1.82, 2.24) is 0 Å². The van der Waals surface area contributed by atoms with E-state index in [1.807, 2.05) is 11.0 Å². The lowest BCUT2D eigenvalue weighted by molar-refractivity contribution is -0.118. The van der Waals surface area contributed by atoms with Crippen molar-refractivity contribution in [1.29, 1.82) is 0 Å². The zero-order valence-electron chi connectivity index (χ0n) is 17.0. The lowest BCUT2D eigenvalue weighted by atomic mass is 9.99. The van der Waals surface area contributed by atoms with Crippen molar-refractivity contribution in [2.75, 3.05) is 36.5 Å². The smallest absolute Gasteiger partial charge is 0.227 e. The average Bonchev–Trinajstić information content (AvgIpc) is 3.31. The highest BCUT2D eigenvalue weighted by Gasteiger charge is 2.24. The predicted octanol–water partition coefficient (Wildman–Crippen LogP) is 4.24. The van der Waals surface area contributed by atoms with Crippen molar-refractivity contribution in [2.45, 2.75) is 38.5 Å². The van der Waals surface area contributed by atoms with Crippen LogP contribution in [0.1, 0.15) is 48.0 Å². The highest BCUT2D eigenvalue weighted by atomic mass is 16.5. The van der Waals surface area contributed by atoms with Gasteiger partial charge in [0.2, 0.25) is 5.91 Å². The summed E-state index contributed by atoms with van der Waals surface area (Å²) in [6.07, 6.45) is 4.86. The Hall–Kier alpha value is -2.82. The van der Waals surface area contributed by atoms with E-state index < -0.39 is 0 Å². The Kier molecular flexibility index (Phi) is 5.84. The summed E-state index contributed by atoms with van der Waals surface area (Å²) >= 11 is 0. The van der Waals surface area contributed by atoms with Gasteiger partial charge in [-0.2, -0.15) is 0 Å². The van der Waals surface area contributed by atoms with E-state index in [2.05, 4.69) is 23.1 Å². The number of methoxy groups -OCH3 is 1. The number of carbonyl (C=O) groups excluding carboxylic acids is 2. The average molecular weight is 392 g/mol. The van der Waals surface area contributed by atoms with Gasteiger partial charge in [0.15, 0.2) is 5.78 Å². The number of fused-ring (bicyclic) bond motifs is 1. The molecule has 152 valence electrons. The van der Waals surface area contributed by atoms with Crippen molar-refractivity contribution in [3.63, 3.8) is 0 Å². The number of ether oxygens (including phenoxy) is 1. The van der Waals surface area contributed by atoms with Gasteiger partial charge in [0.1, 0.15) is 5.75 Å². The molecule has 0 aromatic heterocycles. The van der Waals surface area contributed by atoms with Crippen LogP contribution in [0, 0.1) is 0 Å². The number of anilines is 2. The molecule has 2 aromatic rings. The Bertz CT molecular complexity index is 903. The fourth-order valence-corrected chi connectivity index (χ4v) is 4.29. The first-order chi connectivity index (χ1) is 14.2. The number of hydrogen-bond donors (Lipinski definition) is 0. The Morgan fingerprint density at radius 3 is 2.59 bits per heavy atom. The molecule has 1 amide bonds. The van der Waals surface area contributed by atoms with Crippen molar-refractivity contribution in [2.24, 2.45) is 0 Å². The van der Waals surface area contributed by atoms with E-state index in [4.69, 9.17) is 4.74 Å². The molecule has 1 saturated heterocycles. The number of carbonyl (C=O) groups is 2. The molecule has 0 unspecified atom stereocenters. The summed E-state index contributed by atoms with van der Waals surface area (Å²) in [6, 6.07) is 13.6. The third kappa shape index (κ3) is 4.29. The maximum absolute atomic E-state index is 13.0. The topological polar surface area (TPSA) is 49.9 Å². The molecule has 0 spiro atoms. The molecular formula is C24H28N2O3. The summed E-state index contributed by atoms with van der Waals surface area (Å²) in [7, 11) is 1.58. The molecule has 0 N–H and O–H groups in total. The van der Waals surface area contributed by atoms with Crippen LogP contribution in [0.3, 0.4) is 0 Å². The predicted molar refractivity (Wildman–Crippen MR) is 115 cm³/mol. The van der Waals surface area contributed by atoms with E-state index in [0.29, 0.717) is 11.3 Å². The number of rotatable bonds is 6. The van der Waals surface area contributed by atoms with Gasteiger partial charge in [-0.25, -0.2) is 0 Å². The van der Waals surface area contributed by atoms with E-state index in [0.717, 1.165) is 38.2 Å². The standard InChI is InChI=1S/C24H28N2O3/c1-29-21-8-4-6-19(16-21)23(27)11-12-24(28)26-15-5-7-18-9-10-20(17-22(18)26)25-13-2-3-14-25/h4,6,8-10,16-17H,2-3,5,7,11-15H2,1H3. The van der Waals surface area contributed by atoms with Crippen LogP contribution < -0.4 is 14.5 Å². The summed E-state index contributed by atoms with van der Waals surface area (Å²) in [5.74, 6) is 0.655. The molecule has 5 nitrogen and oxygen atoms in total. The second-order valence-corrected chi connectivity index (χ2v) is 7.81. The monoisotopic (exact) mass is 392 g/mol. The summed E-state index contributed by atoms with van der Waals surface area (Å²) in [5, 5.41) is 0. The second-order valence-electron chi connectivity index (χ2n) is 7.81. The van der Waals surface area contributed by atoms with Gasteiger partial charge in [0.05, 0.1) is 7.11 Å². The zero-order valence-corrected chi connectivity index (χ0v) is 17.0. The van der Waals surface area contributed by atoms with Crippen LogP contribution in [-0.2, 0) is 11.2 Å². The molecule has 0 radical (unpaired) electrons. The van der Waals surface area contributed by atoms with E-state index in [-0.39, 0.29) is 24.5 Å². The number of amides is 1. The van der Waals surface area contributed by atoms with Gasteiger partial charge in [0, 0.05) is 49.4 Å². The molecule has 4 rings (SSSR count). The normalized spacial score (nSPS) is 15.9. The third-order valence-corrected chi connectivity index (χ3v) is 5.92. The number of benzene rings is 2. The molecule has 0 atom stereocenters. The molecular weight excluding hydrogens is 364 g/mol. The summed E-state index contributed by atoms with van der Waals surface area (Å²) in [4.78, 5) is 29.8. The number of ketones is 1. The second kappa shape index (κ2) is 8.68. The van der Waals surface area contributed by atoms with E-state index in [1.165, 1.54) is 24.1 Å². The third-order valence-electron chi connectivity index (χ3n) is 5.92. The Morgan fingerprint density at radius 2 is 1.79 bits per heavy atom. The first-order valence-electron chi connectivity index (χ1n) is 10.5. The zero-order chi connectivity index (χ0) is 20.2. The van der Waals surface area contributed by atoms with Gasteiger partial charge in [-0.05, 0) is 55.5 Å².